The van der Waals surface area contributed by atoms with Crippen LogP contribution in [0.5, 0.6) is 5.75 Å². The van der Waals surface area contributed by atoms with E-state index >= 15 is 0 Å². The smallest absolute Gasteiger partial charge is 0.170 e. The number of Topliss-reactive ketones (excluding diaryl/α,β-unsaturated/α-hetero) is 1. The van der Waals surface area contributed by atoms with Crippen LogP contribution in [0.2, 0.25) is 0 Å². The summed E-state index contributed by atoms with van der Waals surface area (Å²) in [6.45, 7) is 4.15. The summed E-state index contributed by atoms with van der Waals surface area (Å²) in [7, 11) is 0. The Hall–Kier alpha value is -1.31. The molecule has 0 aliphatic carbocycles. The Balaban J connectivity index is 2.33. The standard InChI is InChI=1S/C12H14O2/c1-8(2)12-7-10(13)9-5-3-4-6-11(9)14-12/h3-6,8,12H,7H2,1-2H3. The summed E-state index contributed by atoms with van der Waals surface area (Å²) in [4.78, 5) is 11.7. The molecule has 1 aromatic carbocycles. The van der Waals surface area contributed by atoms with E-state index in [4.69, 9.17) is 4.74 Å². The van der Waals surface area contributed by atoms with Gasteiger partial charge in [0, 0.05) is 6.42 Å². The maximum absolute atomic E-state index is 11.7. The van der Waals surface area contributed by atoms with Gasteiger partial charge in [-0.3, -0.25) is 4.79 Å². The second-order valence-corrected chi connectivity index (χ2v) is 4.02. The first-order chi connectivity index (χ1) is 6.68. The summed E-state index contributed by atoms with van der Waals surface area (Å²) in [6.07, 6.45) is 0.548. The molecule has 2 rings (SSSR count). The maximum Gasteiger partial charge on any atom is 0.170 e. The molecule has 1 unspecified atom stereocenters. The molecule has 0 radical (unpaired) electrons. The zero-order valence-corrected chi connectivity index (χ0v) is 8.49. The minimum Gasteiger partial charge on any atom is -0.489 e. The second kappa shape index (κ2) is 3.45. The molecule has 0 amide bonds. The Labute approximate surface area is 83.9 Å². The molecule has 14 heavy (non-hydrogen) atoms. The van der Waals surface area contributed by atoms with Gasteiger partial charge in [-0.2, -0.15) is 0 Å². The van der Waals surface area contributed by atoms with Crippen LogP contribution in [0.15, 0.2) is 24.3 Å². The van der Waals surface area contributed by atoms with Gasteiger partial charge in [0.1, 0.15) is 11.9 Å². The van der Waals surface area contributed by atoms with Gasteiger partial charge >= 0.3 is 0 Å². The number of fused-ring (bicyclic) bond motifs is 1. The molecule has 0 N–H and O–H groups in total. The number of ketones is 1. The molecule has 1 aliphatic rings. The third-order valence-electron chi connectivity index (χ3n) is 2.60. The van der Waals surface area contributed by atoms with Gasteiger partial charge in [0.05, 0.1) is 5.56 Å². The van der Waals surface area contributed by atoms with Crippen LogP contribution in [-0.2, 0) is 0 Å². The molecular formula is C12H14O2. The number of para-hydroxylation sites is 1. The zero-order chi connectivity index (χ0) is 10.1. The lowest BCUT2D eigenvalue weighted by atomic mass is 9.95. The van der Waals surface area contributed by atoms with Gasteiger partial charge in [-0.25, -0.2) is 0 Å². The SMILES string of the molecule is CC(C)C1CC(=O)c2ccccc2O1. The van der Waals surface area contributed by atoms with Gasteiger partial charge in [0.15, 0.2) is 5.78 Å². The Morgan fingerprint density at radius 3 is 2.79 bits per heavy atom. The number of ether oxygens (including phenoxy) is 1. The molecule has 2 nitrogen and oxygen atoms in total. The lowest BCUT2D eigenvalue weighted by molar-refractivity contribution is 0.0772. The van der Waals surface area contributed by atoms with E-state index < -0.39 is 0 Å². The van der Waals surface area contributed by atoms with Gasteiger partial charge in [-0.1, -0.05) is 26.0 Å². The van der Waals surface area contributed by atoms with E-state index in [1.807, 2.05) is 24.3 Å². The highest BCUT2D eigenvalue weighted by molar-refractivity contribution is 5.99. The molecule has 1 atom stereocenters. The van der Waals surface area contributed by atoms with Crippen molar-refractivity contribution in [1.82, 2.24) is 0 Å². The maximum atomic E-state index is 11.7. The molecule has 0 bridgehead atoms. The average molecular weight is 190 g/mol. The fraction of sp³-hybridized carbons (Fsp3) is 0.417. The molecule has 74 valence electrons. The molecule has 0 saturated heterocycles. The van der Waals surface area contributed by atoms with Crippen LogP contribution in [0.3, 0.4) is 0 Å². The summed E-state index contributed by atoms with van der Waals surface area (Å²) < 4.78 is 5.74. The minimum absolute atomic E-state index is 0.0393. The van der Waals surface area contributed by atoms with Crippen molar-refractivity contribution in [1.29, 1.82) is 0 Å². The summed E-state index contributed by atoms with van der Waals surface area (Å²) >= 11 is 0. The van der Waals surface area contributed by atoms with Crippen LogP contribution < -0.4 is 4.74 Å². The van der Waals surface area contributed by atoms with E-state index in [-0.39, 0.29) is 11.9 Å². The van der Waals surface area contributed by atoms with Crippen LogP contribution in [0.4, 0.5) is 0 Å². The number of hydrogen-bond donors (Lipinski definition) is 0. The van der Waals surface area contributed by atoms with E-state index in [9.17, 15) is 4.79 Å². The molecular weight excluding hydrogens is 176 g/mol. The predicted octanol–water partition coefficient (Wildman–Crippen LogP) is 2.68. The Morgan fingerprint density at radius 1 is 1.36 bits per heavy atom. The van der Waals surface area contributed by atoms with Crippen molar-refractivity contribution in [3.05, 3.63) is 29.8 Å². The first kappa shape index (κ1) is 9.25. The van der Waals surface area contributed by atoms with Crippen molar-refractivity contribution in [3.63, 3.8) is 0 Å². The van der Waals surface area contributed by atoms with Gasteiger partial charge < -0.3 is 4.74 Å². The van der Waals surface area contributed by atoms with Crippen molar-refractivity contribution in [2.24, 2.45) is 5.92 Å². The highest BCUT2D eigenvalue weighted by atomic mass is 16.5. The third kappa shape index (κ3) is 1.52. The van der Waals surface area contributed by atoms with E-state index in [1.165, 1.54) is 0 Å². The normalized spacial score (nSPS) is 20.5. The lowest BCUT2D eigenvalue weighted by Gasteiger charge is -2.27. The number of carbonyl (C=O) groups excluding carboxylic acids is 1. The van der Waals surface area contributed by atoms with Crippen LogP contribution in [-0.4, -0.2) is 11.9 Å². The molecule has 0 saturated carbocycles. The molecule has 0 spiro atoms. The first-order valence-corrected chi connectivity index (χ1v) is 4.97. The topological polar surface area (TPSA) is 26.3 Å². The lowest BCUT2D eigenvalue weighted by Crippen LogP contribution is -2.31. The molecule has 1 aromatic rings. The number of carbonyl (C=O) groups is 1. The van der Waals surface area contributed by atoms with Crippen molar-refractivity contribution in [2.45, 2.75) is 26.4 Å². The van der Waals surface area contributed by atoms with Crippen molar-refractivity contribution >= 4 is 5.78 Å². The minimum atomic E-state index is 0.0393. The summed E-state index contributed by atoms with van der Waals surface area (Å²) in [6, 6.07) is 7.46. The highest BCUT2D eigenvalue weighted by Gasteiger charge is 2.27. The molecule has 1 heterocycles. The Kier molecular flexibility index (Phi) is 2.28. The summed E-state index contributed by atoms with van der Waals surface area (Å²) in [5.74, 6) is 1.32. The number of rotatable bonds is 1. The Bertz CT molecular complexity index is 355. The number of hydrogen-bond acceptors (Lipinski definition) is 2. The van der Waals surface area contributed by atoms with Crippen molar-refractivity contribution in [2.75, 3.05) is 0 Å². The average Bonchev–Trinajstić information content (AvgIpc) is 2.17. The predicted molar refractivity (Wildman–Crippen MR) is 54.6 cm³/mol. The fourth-order valence-electron chi connectivity index (χ4n) is 1.67. The quantitative estimate of drug-likeness (QED) is 0.680. The van der Waals surface area contributed by atoms with E-state index in [2.05, 4.69) is 13.8 Å². The van der Waals surface area contributed by atoms with Crippen LogP contribution in [0.1, 0.15) is 30.6 Å². The van der Waals surface area contributed by atoms with Gasteiger partial charge in [-0.05, 0) is 18.1 Å². The van der Waals surface area contributed by atoms with Gasteiger partial charge in [0.25, 0.3) is 0 Å². The van der Waals surface area contributed by atoms with Crippen molar-refractivity contribution in [3.8, 4) is 5.75 Å². The summed E-state index contributed by atoms with van der Waals surface area (Å²) in [5.41, 5.74) is 0.726. The van der Waals surface area contributed by atoms with Crippen LogP contribution in [0.25, 0.3) is 0 Å². The first-order valence-electron chi connectivity index (χ1n) is 4.97. The summed E-state index contributed by atoms with van der Waals surface area (Å²) in [5, 5.41) is 0. The largest absolute Gasteiger partial charge is 0.489 e. The van der Waals surface area contributed by atoms with E-state index in [1.54, 1.807) is 0 Å². The molecule has 1 aliphatic heterocycles. The van der Waals surface area contributed by atoms with Gasteiger partial charge in [0.2, 0.25) is 0 Å². The molecule has 0 aromatic heterocycles. The number of benzene rings is 1. The van der Waals surface area contributed by atoms with E-state index in [0.29, 0.717) is 12.3 Å². The molecule has 2 heteroatoms. The highest BCUT2D eigenvalue weighted by Crippen LogP contribution is 2.29. The van der Waals surface area contributed by atoms with Crippen molar-refractivity contribution < 1.29 is 9.53 Å². The van der Waals surface area contributed by atoms with Crippen LogP contribution in [0, 0.1) is 5.92 Å². The van der Waals surface area contributed by atoms with Crippen LogP contribution >= 0.6 is 0 Å². The van der Waals surface area contributed by atoms with E-state index in [0.717, 1.165) is 11.3 Å². The zero-order valence-electron chi connectivity index (χ0n) is 8.49. The third-order valence-corrected chi connectivity index (χ3v) is 2.60. The Morgan fingerprint density at radius 2 is 2.07 bits per heavy atom. The van der Waals surface area contributed by atoms with Gasteiger partial charge in [-0.15, -0.1) is 0 Å². The monoisotopic (exact) mass is 190 g/mol. The second-order valence-electron chi connectivity index (χ2n) is 4.02. The fourth-order valence-corrected chi connectivity index (χ4v) is 1.67. The molecule has 0 fully saturated rings.